The van der Waals surface area contributed by atoms with Crippen molar-refractivity contribution < 1.29 is 9.53 Å². The van der Waals surface area contributed by atoms with Gasteiger partial charge in [-0.3, -0.25) is 5.43 Å². The van der Waals surface area contributed by atoms with Crippen LogP contribution in [-0.2, 0) is 4.74 Å². The minimum Gasteiger partial charge on any atom is -0.351 e. The molecule has 15 heavy (non-hydrogen) atoms. The number of halogens is 1. The number of rotatable bonds is 4. The first kappa shape index (κ1) is 12.2. The summed E-state index contributed by atoms with van der Waals surface area (Å²) < 4.78 is 5.27. The molecule has 0 aliphatic carbocycles. The number of urea groups is 1. The van der Waals surface area contributed by atoms with Crippen LogP contribution < -0.4 is 11.2 Å². The Morgan fingerprint density at radius 2 is 2.47 bits per heavy atom. The van der Waals surface area contributed by atoms with Gasteiger partial charge in [0.25, 0.3) is 0 Å². The fraction of sp³-hybridized carbons (Fsp3) is 0.857. The van der Waals surface area contributed by atoms with Crippen molar-refractivity contribution in [3.05, 3.63) is 4.91 Å². The third kappa shape index (κ3) is 3.29. The summed E-state index contributed by atoms with van der Waals surface area (Å²) in [5.74, 6) is 0.260. The van der Waals surface area contributed by atoms with Crippen molar-refractivity contribution in [2.45, 2.75) is 12.1 Å². The summed E-state index contributed by atoms with van der Waals surface area (Å²) in [6.45, 7) is 0.914. The molecule has 1 aliphatic heterocycles. The maximum atomic E-state index is 10.7. The quantitative estimate of drug-likeness (QED) is 0.530. The highest BCUT2D eigenvalue weighted by molar-refractivity contribution is 6.17. The Morgan fingerprint density at radius 3 is 3.00 bits per heavy atom. The monoisotopic (exact) mass is 236 g/mol. The molecule has 0 aromatic carbocycles. The first-order valence-electron chi connectivity index (χ1n) is 4.47. The van der Waals surface area contributed by atoms with Crippen molar-refractivity contribution in [1.82, 2.24) is 10.4 Å². The number of morpholine rings is 1. The van der Waals surface area contributed by atoms with Gasteiger partial charge in [0.15, 0.2) is 0 Å². The van der Waals surface area contributed by atoms with Crippen molar-refractivity contribution in [2.75, 3.05) is 25.6 Å². The summed E-state index contributed by atoms with van der Waals surface area (Å²) >= 11 is 5.55. The van der Waals surface area contributed by atoms with E-state index in [2.05, 4.69) is 10.6 Å². The van der Waals surface area contributed by atoms with Gasteiger partial charge in [0.1, 0.15) is 0 Å². The number of carbonyl (C=O) groups is 1. The number of carbonyl (C=O) groups excluding carboxylic acids is 1. The topological polar surface area (TPSA) is 97.0 Å². The molecule has 2 amide bonds. The van der Waals surface area contributed by atoms with Crippen LogP contribution in [0.25, 0.3) is 0 Å². The summed E-state index contributed by atoms with van der Waals surface area (Å²) in [7, 11) is 0. The average molecular weight is 237 g/mol. The smallest absolute Gasteiger partial charge is 0.326 e. The number of primary amides is 1. The number of hydrazine groups is 1. The Bertz CT molecular complexity index is 248. The van der Waals surface area contributed by atoms with E-state index in [-0.39, 0.29) is 12.4 Å². The zero-order valence-corrected chi connectivity index (χ0v) is 8.87. The van der Waals surface area contributed by atoms with E-state index >= 15 is 0 Å². The van der Waals surface area contributed by atoms with Crippen molar-refractivity contribution in [3.63, 3.8) is 0 Å². The number of nitrogens with one attached hydrogen (secondary N) is 1. The largest absolute Gasteiger partial charge is 0.351 e. The second kappa shape index (κ2) is 5.24. The molecule has 0 aromatic rings. The maximum absolute atomic E-state index is 10.7. The first-order chi connectivity index (χ1) is 7.12. The molecule has 1 aliphatic rings. The van der Waals surface area contributed by atoms with Crippen LogP contribution in [0.3, 0.4) is 0 Å². The standard InChI is InChI=1S/C7H13ClN4O3/c8-2-1-7(11-14)5-12(3-4-15-7)10-6(9)13/h1-5H2,(H3,9,10,13). The van der Waals surface area contributed by atoms with Crippen LogP contribution in [0.1, 0.15) is 6.42 Å². The highest BCUT2D eigenvalue weighted by atomic mass is 35.5. The van der Waals surface area contributed by atoms with Gasteiger partial charge in [-0.1, -0.05) is 0 Å². The van der Waals surface area contributed by atoms with E-state index in [4.69, 9.17) is 22.1 Å². The van der Waals surface area contributed by atoms with E-state index in [0.29, 0.717) is 19.6 Å². The lowest BCUT2D eigenvalue weighted by atomic mass is 10.1. The van der Waals surface area contributed by atoms with Crippen LogP contribution in [-0.4, -0.2) is 42.3 Å². The molecule has 3 N–H and O–H groups in total. The van der Waals surface area contributed by atoms with Gasteiger partial charge in [0.2, 0.25) is 5.72 Å². The highest BCUT2D eigenvalue weighted by Gasteiger charge is 2.38. The average Bonchev–Trinajstić information content (AvgIpc) is 2.17. The summed E-state index contributed by atoms with van der Waals surface area (Å²) in [5, 5.41) is 4.44. The predicted octanol–water partition coefficient (Wildman–Crippen LogP) is -0.00650. The number of alkyl halides is 1. The van der Waals surface area contributed by atoms with E-state index in [0.717, 1.165) is 0 Å². The van der Waals surface area contributed by atoms with Crippen LogP contribution in [0.15, 0.2) is 5.18 Å². The van der Waals surface area contributed by atoms with Crippen molar-refractivity contribution in [3.8, 4) is 0 Å². The fourth-order valence-corrected chi connectivity index (χ4v) is 1.72. The van der Waals surface area contributed by atoms with E-state index < -0.39 is 11.8 Å². The Morgan fingerprint density at radius 1 is 1.73 bits per heavy atom. The molecule has 0 bridgehead atoms. The van der Waals surface area contributed by atoms with Gasteiger partial charge in [-0.15, -0.1) is 16.5 Å². The number of nitrogens with two attached hydrogens (primary N) is 1. The second-order valence-electron chi connectivity index (χ2n) is 3.22. The zero-order chi connectivity index (χ0) is 11.3. The normalized spacial score (nSPS) is 27.3. The minimum absolute atomic E-state index is 0.159. The van der Waals surface area contributed by atoms with Gasteiger partial charge in [-0.2, -0.15) is 0 Å². The fourth-order valence-electron chi connectivity index (χ4n) is 1.42. The van der Waals surface area contributed by atoms with Gasteiger partial charge in [-0.05, 0) is 5.18 Å². The van der Waals surface area contributed by atoms with Crippen LogP contribution in [0.5, 0.6) is 0 Å². The van der Waals surface area contributed by atoms with Crippen LogP contribution in [0.4, 0.5) is 4.79 Å². The van der Waals surface area contributed by atoms with Crippen molar-refractivity contribution in [2.24, 2.45) is 10.9 Å². The van der Waals surface area contributed by atoms with Gasteiger partial charge in [0, 0.05) is 18.8 Å². The Labute approximate surface area is 91.8 Å². The summed E-state index contributed by atoms with van der Waals surface area (Å²) in [6.07, 6.45) is 0.301. The molecular formula is C7H13ClN4O3. The Kier molecular flexibility index (Phi) is 4.25. The molecule has 0 radical (unpaired) electrons. The number of hydrogen-bond acceptors (Lipinski definition) is 5. The molecule has 7 nitrogen and oxygen atoms in total. The van der Waals surface area contributed by atoms with Gasteiger partial charge in [0.05, 0.1) is 13.2 Å². The molecule has 1 unspecified atom stereocenters. The first-order valence-corrected chi connectivity index (χ1v) is 5.01. The summed E-state index contributed by atoms with van der Waals surface area (Å²) in [5.41, 5.74) is 6.16. The molecule has 86 valence electrons. The van der Waals surface area contributed by atoms with Gasteiger partial charge >= 0.3 is 6.03 Å². The lowest BCUT2D eigenvalue weighted by Gasteiger charge is -2.37. The minimum atomic E-state index is -1.18. The third-order valence-electron chi connectivity index (χ3n) is 2.09. The maximum Gasteiger partial charge on any atom is 0.326 e. The number of hydrogen-bond donors (Lipinski definition) is 2. The summed E-state index contributed by atoms with van der Waals surface area (Å²) in [4.78, 5) is 21.3. The predicted molar refractivity (Wildman–Crippen MR) is 54.1 cm³/mol. The molecule has 1 rings (SSSR count). The third-order valence-corrected chi connectivity index (χ3v) is 2.28. The molecule has 8 heteroatoms. The number of ether oxygens (including phenoxy) is 1. The number of nitrogens with zero attached hydrogens (tertiary/aromatic N) is 2. The van der Waals surface area contributed by atoms with Crippen molar-refractivity contribution >= 4 is 17.6 Å². The van der Waals surface area contributed by atoms with Gasteiger partial charge in [-0.25, -0.2) is 9.80 Å². The summed E-state index contributed by atoms with van der Waals surface area (Å²) in [6, 6.07) is -0.678. The van der Waals surface area contributed by atoms with E-state index in [1.807, 2.05) is 0 Å². The number of nitroso groups, excluding NO2 is 1. The van der Waals surface area contributed by atoms with E-state index in [9.17, 15) is 9.70 Å². The highest BCUT2D eigenvalue weighted by Crippen LogP contribution is 2.23. The molecule has 1 fully saturated rings. The zero-order valence-electron chi connectivity index (χ0n) is 8.11. The van der Waals surface area contributed by atoms with Crippen LogP contribution in [0.2, 0.25) is 0 Å². The molecule has 1 heterocycles. The van der Waals surface area contributed by atoms with Crippen LogP contribution in [0, 0.1) is 4.91 Å². The molecule has 1 atom stereocenters. The van der Waals surface area contributed by atoms with Crippen molar-refractivity contribution in [1.29, 1.82) is 0 Å². The number of amides is 2. The van der Waals surface area contributed by atoms with E-state index in [1.165, 1.54) is 5.01 Å². The molecule has 1 saturated heterocycles. The SMILES string of the molecule is NC(=O)NN1CCOC(CCCl)(N=O)C1. The molecular weight excluding hydrogens is 224 g/mol. The molecule has 0 saturated carbocycles. The molecule has 0 spiro atoms. The van der Waals surface area contributed by atoms with E-state index in [1.54, 1.807) is 0 Å². The van der Waals surface area contributed by atoms with Gasteiger partial charge < -0.3 is 10.5 Å². The Balaban J connectivity index is 2.59. The lowest BCUT2D eigenvalue weighted by Crippen LogP contribution is -2.57. The lowest BCUT2D eigenvalue weighted by molar-refractivity contribution is -0.114. The van der Waals surface area contributed by atoms with Crippen LogP contribution >= 0.6 is 11.6 Å². The Hall–Kier alpha value is -0.920. The molecule has 0 aromatic heterocycles. The second-order valence-corrected chi connectivity index (χ2v) is 3.60.